The van der Waals surface area contributed by atoms with Crippen LogP contribution in [0.2, 0.25) is 10.0 Å². The number of carbonyl (C=O) groups excluding carboxylic acids is 2. The highest BCUT2D eigenvalue weighted by Crippen LogP contribution is 2.57. The molecule has 2 aliphatic heterocycles. The average Bonchev–Trinajstić information content (AvgIpc) is 3.07. The molecule has 3 unspecified atom stereocenters. The van der Waals surface area contributed by atoms with E-state index in [0.717, 1.165) is 16.7 Å². The molecule has 2 aromatic rings. The zero-order chi connectivity index (χ0) is 23.8. The van der Waals surface area contributed by atoms with Crippen molar-refractivity contribution < 1.29 is 9.59 Å². The molecule has 0 bridgehead atoms. The van der Waals surface area contributed by atoms with Crippen LogP contribution in [0.25, 0.3) is 0 Å². The number of benzene rings is 2. The number of hydrogen-bond donors (Lipinski definition) is 1. The minimum absolute atomic E-state index is 0.0173. The standard InChI is InChI=1S/C26H27Cl3N2O2/c1-3-16(4-2)24-26(20-10-9-19(29)14-22(20)30-25(26)33)21(17-7-5-8-18(28)13-17)15-23(32)31(24)12-6-11-27/h3,5,7-10,13-14,21,24H,4,6,11-12,15H2,1-2H3,(H,30,33). The number of fused-ring (bicyclic) bond motifs is 2. The van der Waals surface area contributed by atoms with Crippen LogP contribution >= 0.6 is 34.8 Å². The van der Waals surface area contributed by atoms with Gasteiger partial charge in [-0.2, -0.15) is 0 Å². The van der Waals surface area contributed by atoms with Crippen LogP contribution in [-0.4, -0.2) is 35.2 Å². The molecule has 2 aromatic carbocycles. The van der Waals surface area contributed by atoms with E-state index in [1.54, 1.807) is 12.1 Å². The molecule has 4 rings (SSSR count). The molecular formula is C26H27Cl3N2O2. The molecule has 1 saturated heterocycles. The highest BCUT2D eigenvalue weighted by molar-refractivity contribution is 6.31. The van der Waals surface area contributed by atoms with Crippen molar-refractivity contribution in [2.75, 3.05) is 17.7 Å². The van der Waals surface area contributed by atoms with Gasteiger partial charge in [0.05, 0.1) is 6.04 Å². The minimum Gasteiger partial charge on any atom is -0.334 e. The number of nitrogens with one attached hydrogen (secondary N) is 1. The molecule has 1 spiro atoms. The van der Waals surface area contributed by atoms with E-state index in [1.807, 2.05) is 48.2 Å². The maximum absolute atomic E-state index is 14.1. The largest absolute Gasteiger partial charge is 0.334 e. The average molecular weight is 506 g/mol. The molecule has 174 valence electrons. The Bertz CT molecular complexity index is 1120. The first kappa shape index (κ1) is 24.1. The second-order valence-corrected chi connectivity index (χ2v) is 9.82. The fraction of sp³-hybridized carbons (Fsp3) is 0.385. The molecule has 3 atom stereocenters. The summed E-state index contributed by atoms with van der Waals surface area (Å²) in [5.41, 5.74) is 2.47. The van der Waals surface area contributed by atoms with Crippen LogP contribution in [0.4, 0.5) is 5.69 Å². The summed E-state index contributed by atoms with van der Waals surface area (Å²) in [6.45, 7) is 4.52. The maximum Gasteiger partial charge on any atom is 0.238 e. The summed E-state index contributed by atoms with van der Waals surface area (Å²) in [5.74, 6) is -0.0452. The molecule has 2 amide bonds. The van der Waals surface area contributed by atoms with Gasteiger partial charge in [-0.15, -0.1) is 11.6 Å². The summed E-state index contributed by atoms with van der Waals surface area (Å²) in [6.07, 6.45) is 3.60. The van der Waals surface area contributed by atoms with Gasteiger partial charge in [-0.25, -0.2) is 0 Å². The van der Waals surface area contributed by atoms with Crippen LogP contribution in [0, 0.1) is 0 Å². The van der Waals surface area contributed by atoms with E-state index in [0.29, 0.717) is 41.0 Å². The van der Waals surface area contributed by atoms with Crippen molar-refractivity contribution in [3.8, 4) is 0 Å². The quantitative estimate of drug-likeness (QED) is 0.357. The number of likely N-dealkylation sites (tertiary alicyclic amines) is 1. The Morgan fingerprint density at radius 1 is 1.18 bits per heavy atom. The molecular weight excluding hydrogens is 479 g/mol. The molecule has 1 fully saturated rings. The van der Waals surface area contributed by atoms with Crippen molar-refractivity contribution in [3.05, 3.63) is 75.3 Å². The lowest BCUT2D eigenvalue weighted by Crippen LogP contribution is -2.64. The lowest BCUT2D eigenvalue weighted by atomic mass is 9.58. The normalized spacial score (nSPS) is 24.9. The number of hydrogen-bond acceptors (Lipinski definition) is 2. The van der Waals surface area contributed by atoms with Gasteiger partial charge < -0.3 is 10.2 Å². The number of allylic oxidation sites excluding steroid dienone is 1. The van der Waals surface area contributed by atoms with Crippen molar-refractivity contribution in [1.82, 2.24) is 4.90 Å². The third-order valence-electron chi connectivity index (χ3n) is 6.96. The van der Waals surface area contributed by atoms with Crippen molar-refractivity contribution in [2.24, 2.45) is 0 Å². The Labute approximate surface area is 209 Å². The molecule has 0 saturated carbocycles. The van der Waals surface area contributed by atoms with Crippen molar-refractivity contribution >= 4 is 52.3 Å². The third-order valence-corrected chi connectivity index (χ3v) is 7.69. The third kappa shape index (κ3) is 3.96. The Hall–Kier alpha value is -2.01. The molecule has 7 heteroatoms. The Morgan fingerprint density at radius 3 is 2.61 bits per heavy atom. The van der Waals surface area contributed by atoms with E-state index in [-0.39, 0.29) is 24.2 Å². The van der Waals surface area contributed by atoms with E-state index in [2.05, 4.69) is 12.2 Å². The Kier molecular flexibility index (Phi) is 7.09. The molecule has 0 radical (unpaired) electrons. The van der Waals surface area contributed by atoms with E-state index in [1.165, 1.54) is 0 Å². The SMILES string of the molecule is CC=C(CC)C1N(CCCCl)C(=O)CC(c2cccc(Cl)c2)C12C(=O)Nc1cc(Cl)ccc12. The van der Waals surface area contributed by atoms with Gasteiger partial charge in [0.15, 0.2) is 0 Å². The van der Waals surface area contributed by atoms with Crippen LogP contribution in [0.1, 0.15) is 50.2 Å². The Balaban J connectivity index is 2.04. The number of piperidine rings is 1. The van der Waals surface area contributed by atoms with Crippen LogP contribution < -0.4 is 5.32 Å². The van der Waals surface area contributed by atoms with Crippen molar-refractivity contribution in [3.63, 3.8) is 0 Å². The van der Waals surface area contributed by atoms with Crippen LogP contribution in [0.3, 0.4) is 0 Å². The molecule has 4 nitrogen and oxygen atoms in total. The van der Waals surface area contributed by atoms with Crippen LogP contribution in [-0.2, 0) is 15.0 Å². The zero-order valence-electron chi connectivity index (χ0n) is 18.7. The number of carbonyl (C=O) groups is 2. The lowest BCUT2D eigenvalue weighted by molar-refractivity contribution is -0.143. The summed E-state index contributed by atoms with van der Waals surface area (Å²) in [4.78, 5) is 29.5. The second-order valence-electron chi connectivity index (χ2n) is 8.57. The van der Waals surface area contributed by atoms with E-state index >= 15 is 0 Å². The molecule has 0 aromatic heterocycles. The molecule has 1 N–H and O–H groups in total. The fourth-order valence-corrected chi connectivity index (χ4v) is 6.11. The highest BCUT2D eigenvalue weighted by Gasteiger charge is 2.63. The Morgan fingerprint density at radius 2 is 1.94 bits per heavy atom. The number of amides is 2. The predicted octanol–water partition coefficient (Wildman–Crippen LogP) is 6.55. The summed E-state index contributed by atoms with van der Waals surface area (Å²) >= 11 is 18.7. The topological polar surface area (TPSA) is 49.4 Å². The zero-order valence-corrected chi connectivity index (χ0v) is 21.0. The summed E-state index contributed by atoms with van der Waals surface area (Å²) in [6, 6.07) is 12.6. The first-order valence-electron chi connectivity index (χ1n) is 11.3. The van der Waals surface area contributed by atoms with E-state index in [4.69, 9.17) is 34.8 Å². The van der Waals surface area contributed by atoms with Crippen molar-refractivity contribution in [2.45, 2.75) is 50.5 Å². The first-order chi connectivity index (χ1) is 15.9. The van der Waals surface area contributed by atoms with Gasteiger partial charge in [-0.05, 0) is 55.2 Å². The minimum atomic E-state index is -1.01. The number of halogens is 3. The summed E-state index contributed by atoms with van der Waals surface area (Å²) in [7, 11) is 0. The monoisotopic (exact) mass is 504 g/mol. The van der Waals surface area contributed by atoms with Gasteiger partial charge in [-0.1, -0.05) is 60.0 Å². The predicted molar refractivity (Wildman–Crippen MR) is 135 cm³/mol. The molecule has 2 aliphatic rings. The fourth-order valence-electron chi connectivity index (χ4n) is 5.62. The number of anilines is 1. The molecule has 2 heterocycles. The smallest absolute Gasteiger partial charge is 0.238 e. The number of rotatable bonds is 6. The maximum atomic E-state index is 14.1. The number of nitrogens with zero attached hydrogens (tertiary/aromatic N) is 1. The van der Waals surface area contributed by atoms with Gasteiger partial charge in [0.2, 0.25) is 11.8 Å². The first-order valence-corrected chi connectivity index (χ1v) is 12.5. The van der Waals surface area contributed by atoms with Gasteiger partial charge in [0.25, 0.3) is 0 Å². The molecule has 33 heavy (non-hydrogen) atoms. The highest BCUT2D eigenvalue weighted by atomic mass is 35.5. The van der Waals surface area contributed by atoms with Crippen LogP contribution in [0.5, 0.6) is 0 Å². The lowest BCUT2D eigenvalue weighted by Gasteiger charge is -2.52. The van der Waals surface area contributed by atoms with E-state index < -0.39 is 11.5 Å². The summed E-state index contributed by atoms with van der Waals surface area (Å²) in [5, 5.41) is 4.22. The van der Waals surface area contributed by atoms with Crippen molar-refractivity contribution in [1.29, 1.82) is 0 Å². The van der Waals surface area contributed by atoms with Gasteiger partial charge in [-0.3, -0.25) is 9.59 Å². The van der Waals surface area contributed by atoms with Gasteiger partial charge >= 0.3 is 0 Å². The van der Waals surface area contributed by atoms with E-state index in [9.17, 15) is 9.59 Å². The summed E-state index contributed by atoms with van der Waals surface area (Å²) < 4.78 is 0. The second kappa shape index (κ2) is 9.69. The van der Waals surface area contributed by atoms with Gasteiger partial charge in [0.1, 0.15) is 5.41 Å². The number of alkyl halides is 1. The van der Waals surface area contributed by atoms with Crippen LogP contribution in [0.15, 0.2) is 54.1 Å². The van der Waals surface area contributed by atoms with Gasteiger partial charge in [0, 0.05) is 40.5 Å². The molecule has 0 aliphatic carbocycles.